The van der Waals surface area contributed by atoms with Crippen LogP contribution < -0.4 is 5.73 Å². The third-order valence-electron chi connectivity index (χ3n) is 3.72. The van der Waals surface area contributed by atoms with Gasteiger partial charge in [-0.2, -0.15) is 5.10 Å². The molecule has 3 aromatic heterocycles. The van der Waals surface area contributed by atoms with E-state index in [-0.39, 0.29) is 24.0 Å². The Hall–Kier alpha value is -3.42. The Labute approximate surface area is 141 Å². The monoisotopic (exact) mass is 338 g/mol. The largest absolute Gasteiger partial charge is 0.384 e. The Morgan fingerprint density at radius 2 is 1.92 bits per heavy atom. The first kappa shape index (κ1) is 15.1. The normalized spacial score (nSPS) is 11.1. The summed E-state index contributed by atoms with van der Waals surface area (Å²) in [4.78, 5) is 12.4. The summed E-state index contributed by atoms with van der Waals surface area (Å²) >= 11 is 0. The molecule has 0 fully saturated rings. The minimum absolute atomic E-state index is 0.143. The van der Waals surface area contributed by atoms with E-state index >= 15 is 0 Å². The number of nitrogens with zero attached hydrogens (tertiary/aromatic N) is 5. The van der Waals surface area contributed by atoms with Crippen molar-refractivity contribution in [2.75, 3.05) is 5.73 Å². The molecular weight excluding hydrogens is 326 g/mol. The molecule has 4 aromatic rings. The third kappa shape index (κ3) is 2.78. The van der Waals surface area contributed by atoms with E-state index in [1.165, 1.54) is 23.0 Å². The molecule has 124 valence electrons. The zero-order valence-electron chi connectivity index (χ0n) is 12.9. The van der Waals surface area contributed by atoms with Crippen LogP contribution in [0.15, 0.2) is 48.8 Å². The van der Waals surface area contributed by atoms with E-state index in [0.29, 0.717) is 22.3 Å². The van der Waals surface area contributed by atoms with Crippen molar-refractivity contribution in [3.05, 3.63) is 66.0 Å². The highest BCUT2D eigenvalue weighted by Gasteiger charge is 2.17. The molecule has 6 nitrogen and oxygen atoms in total. The molecule has 0 amide bonds. The zero-order valence-corrected chi connectivity index (χ0v) is 12.9. The Kier molecular flexibility index (Phi) is 3.57. The van der Waals surface area contributed by atoms with E-state index in [4.69, 9.17) is 5.73 Å². The molecule has 0 spiro atoms. The average molecular weight is 338 g/mol. The maximum absolute atomic E-state index is 14.0. The molecule has 0 saturated carbocycles. The van der Waals surface area contributed by atoms with Crippen molar-refractivity contribution < 1.29 is 8.78 Å². The van der Waals surface area contributed by atoms with Crippen LogP contribution in [0.5, 0.6) is 0 Å². The van der Waals surface area contributed by atoms with Crippen molar-refractivity contribution in [2.45, 2.75) is 6.54 Å². The highest BCUT2D eigenvalue weighted by Crippen LogP contribution is 2.26. The molecule has 4 rings (SSSR count). The van der Waals surface area contributed by atoms with Crippen molar-refractivity contribution in [1.29, 1.82) is 0 Å². The Balaban J connectivity index is 1.90. The molecule has 0 atom stereocenters. The highest BCUT2D eigenvalue weighted by molar-refractivity contribution is 5.89. The summed E-state index contributed by atoms with van der Waals surface area (Å²) in [5.74, 6) is -0.339. The first-order valence-corrected chi connectivity index (χ1v) is 7.46. The number of nitrogen functional groups attached to an aromatic ring is 1. The minimum atomic E-state index is -0.511. The molecule has 0 aliphatic carbocycles. The fourth-order valence-corrected chi connectivity index (χ4v) is 2.58. The van der Waals surface area contributed by atoms with Crippen LogP contribution in [-0.2, 0) is 6.54 Å². The highest BCUT2D eigenvalue weighted by atomic mass is 19.1. The number of rotatable bonds is 3. The molecule has 0 saturated heterocycles. The number of halogens is 2. The van der Waals surface area contributed by atoms with Gasteiger partial charge in [-0.25, -0.2) is 28.4 Å². The van der Waals surface area contributed by atoms with Gasteiger partial charge in [-0.3, -0.25) is 0 Å². The number of hydrogen-bond donors (Lipinski definition) is 1. The first-order valence-electron chi connectivity index (χ1n) is 7.46. The van der Waals surface area contributed by atoms with Gasteiger partial charge in [-0.05, 0) is 18.2 Å². The predicted molar refractivity (Wildman–Crippen MR) is 88.4 cm³/mol. The van der Waals surface area contributed by atoms with E-state index in [2.05, 4.69) is 20.1 Å². The van der Waals surface area contributed by atoms with Crippen LogP contribution in [-0.4, -0.2) is 24.7 Å². The minimum Gasteiger partial charge on any atom is -0.384 e. The van der Waals surface area contributed by atoms with Gasteiger partial charge in [0, 0.05) is 11.8 Å². The number of hydrogen-bond acceptors (Lipinski definition) is 5. The van der Waals surface area contributed by atoms with Gasteiger partial charge in [0.1, 0.15) is 23.1 Å². The van der Waals surface area contributed by atoms with Crippen LogP contribution in [0, 0.1) is 11.6 Å². The van der Waals surface area contributed by atoms with Gasteiger partial charge < -0.3 is 5.73 Å². The van der Waals surface area contributed by atoms with Gasteiger partial charge in [0.05, 0.1) is 18.1 Å². The number of nitrogens with two attached hydrogens (primary N) is 1. The molecule has 0 radical (unpaired) electrons. The molecule has 0 aliphatic rings. The van der Waals surface area contributed by atoms with Crippen LogP contribution in [0.2, 0.25) is 0 Å². The number of fused-ring (bicyclic) bond motifs is 1. The SMILES string of the molecule is Nc1ccnc(-c2nn(Cc3ccccc3F)c3ncc(F)cc23)n1. The fraction of sp³-hybridized carbons (Fsp3) is 0.0588. The van der Waals surface area contributed by atoms with E-state index in [1.807, 2.05) is 0 Å². The standard InChI is InChI=1S/C17H12F2N6/c18-11-7-12-15(16-21-6-5-14(20)23-16)24-25(17(12)22-8-11)9-10-3-1-2-4-13(10)19/h1-8H,9H2,(H2,20,21,23). The summed E-state index contributed by atoms with van der Waals surface area (Å²) in [5.41, 5.74) is 6.88. The van der Waals surface area contributed by atoms with Gasteiger partial charge in [0.15, 0.2) is 11.5 Å². The van der Waals surface area contributed by atoms with E-state index in [1.54, 1.807) is 24.3 Å². The Morgan fingerprint density at radius 3 is 2.72 bits per heavy atom. The molecule has 25 heavy (non-hydrogen) atoms. The molecule has 1 aromatic carbocycles. The topological polar surface area (TPSA) is 82.5 Å². The van der Waals surface area contributed by atoms with Crippen molar-refractivity contribution in [3.63, 3.8) is 0 Å². The molecule has 0 bridgehead atoms. The molecule has 8 heteroatoms. The summed E-state index contributed by atoms with van der Waals surface area (Å²) in [5, 5.41) is 4.85. The third-order valence-corrected chi connectivity index (χ3v) is 3.72. The second-order valence-electron chi connectivity index (χ2n) is 5.43. The van der Waals surface area contributed by atoms with Crippen LogP contribution >= 0.6 is 0 Å². The smallest absolute Gasteiger partial charge is 0.182 e. The summed E-state index contributed by atoms with van der Waals surface area (Å²) in [6.07, 6.45) is 2.58. The summed E-state index contributed by atoms with van der Waals surface area (Å²) in [7, 11) is 0. The molecule has 0 unspecified atom stereocenters. The van der Waals surface area contributed by atoms with E-state index in [0.717, 1.165) is 6.20 Å². The maximum Gasteiger partial charge on any atom is 0.182 e. The zero-order chi connectivity index (χ0) is 17.4. The lowest BCUT2D eigenvalue weighted by atomic mass is 10.2. The Morgan fingerprint density at radius 1 is 1.08 bits per heavy atom. The van der Waals surface area contributed by atoms with Crippen molar-refractivity contribution >= 4 is 16.9 Å². The van der Waals surface area contributed by atoms with Crippen LogP contribution in [0.3, 0.4) is 0 Å². The first-order chi connectivity index (χ1) is 12.1. The number of pyridine rings is 1. The van der Waals surface area contributed by atoms with Crippen molar-refractivity contribution in [2.24, 2.45) is 0 Å². The predicted octanol–water partition coefficient (Wildman–Crippen LogP) is 2.80. The van der Waals surface area contributed by atoms with Crippen molar-refractivity contribution in [3.8, 4) is 11.5 Å². The second kappa shape index (κ2) is 5.90. The number of benzene rings is 1. The van der Waals surface area contributed by atoms with Gasteiger partial charge in [0.2, 0.25) is 0 Å². The van der Waals surface area contributed by atoms with Gasteiger partial charge in [0.25, 0.3) is 0 Å². The van der Waals surface area contributed by atoms with Crippen LogP contribution in [0.25, 0.3) is 22.6 Å². The summed E-state index contributed by atoms with van der Waals surface area (Å²) in [6.45, 7) is 0.143. The Bertz CT molecular complexity index is 1080. The molecule has 2 N–H and O–H groups in total. The number of anilines is 1. The fourth-order valence-electron chi connectivity index (χ4n) is 2.58. The van der Waals surface area contributed by atoms with Crippen LogP contribution in [0.4, 0.5) is 14.6 Å². The van der Waals surface area contributed by atoms with Gasteiger partial charge in [-0.1, -0.05) is 18.2 Å². The molecule has 0 aliphatic heterocycles. The lowest BCUT2D eigenvalue weighted by Gasteiger charge is -2.04. The molecule has 3 heterocycles. The van der Waals surface area contributed by atoms with Crippen molar-refractivity contribution in [1.82, 2.24) is 24.7 Å². The second-order valence-corrected chi connectivity index (χ2v) is 5.43. The lowest BCUT2D eigenvalue weighted by Crippen LogP contribution is -2.05. The number of aromatic nitrogens is 5. The quantitative estimate of drug-likeness (QED) is 0.621. The summed E-state index contributed by atoms with van der Waals surface area (Å²) < 4.78 is 29.1. The van der Waals surface area contributed by atoms with Crippen LogP contribution in [0.1, 0.15) is 5.56 Å². The molecular formula is C17H12F2N6. The lowest BCUT2D eigenvalue weighted by molar-refractivity contribution is 0.588. The maximum atomic E-state index is 14.0. The van der Waals surface area contributed by atoms with E-state index < -0.39 is 5.82 Å². The summed E-state index contributed by atoms with van der Waals surface area (Å²) in [6, 6.07) is 9.22. The average Bonchev–Trinajstić information content (AvgIpc) is 2.95. The van der Waals surface area contributed by atoms with Gasteiger partial charge in [-0.15, -0.1) is 0 Å². The van der Waals surface area contributed by atoms with E-state index in [9.17, 15) is 8.78 Å². The van der Waals surface area contributed by atoms with Gasteiger partial charge >= 0.3 is 0 Å².